The van der Waals surface area contributed by atoms with Crippen LogP contribution in [0.15, 0.2) is 34.8 Å². The van der Waals surface area contributed by atoms with Crippen LogP contribution in [0.1, 0.15) is 23.0 Å². The number of hydrazine groups is 1. The number of halogens is 1. The zero-order valence-corrected chi connectivity index (χ0v) is 12.4. The Balaban J connectivity index is 2.18. The molecule has 20 heavy (non-hydrogen) atoms. The summed E-state index contributed by atoms with van der Waals surface area (Å²) in [6.45, 7) is 2.03. The highest BCUT2D eigenvalue weighted by Crippen LogP contribution is 2.22. The van der Waals surface area contributed by atoms with Crippen LogP contribution in [0.3, 0.4) is 0 Å². The van der Waals surface area contributed by atoms with E-state index < -0.39 is 0 Å². The fourth-order valence-corrected chi connectivity index (χ4v) is 2.10. The molecule has 0 fully saturated rings. The highest BCUT2D eigenvalue weighted by atomic mass is 79.9. The minimum Gasteiger partial charge on any atom is -0.320 e. The van der Waals surface area contributed by atoms with Gasteiger partial charge in [-0.1, -0.05) is 22.9 Å². The average Bonchev–Trinajstić information content (AvgIpc) is 2.49. The summed E-state index contributed by atoms with van der Waals surface area (Å²) in [6.07, 6.45) is 0.816. The van der Waals surface area contributed by atoms with E-state index in [2.05, 4.69) is 36.9 Å². The van der Waals surface area contributed by atoms with Crippen LogP contribution in [0.25, 0.3) is 0 Å². The molecule has 0 spiro atoms. The Labute approximate surface area is 124 Å². The number of nitrogens with zero attached hydrogens (tertiary/aromatic N) is 2. The third-order valence-corrected chi connectivity index (χ3v) is 3.23. The largest absolute Gasteiger partial charge is 0.320 e. The van der Waals surface area contributed by atoms with Gasteiger partial charge < -0.3 is 10.7 Å². The zero-order valence-electron chi connectivity index (χ0n) is 10.9. The molecule has 0 bridgehead atoms. The molecular weight excluding hydrogens is 322 g/mol. The maximum Gasteiger partial charge on any atom is 0.276 e. The molecule has 0 aliphatic rings. The van der Waals surface area contributed by atoms with Gasteiger partial charge in [0.1, 0.15) is 0 Å². The summed E-state index contributed by atoms with van der Waals surface area (Å²) in [5.41, 5.74) is 4.40. The van der Waals surface area contributed by atoms with Gasteiger partial charge in [0.25, 0.3) is 5.91 Å². The molecule has 0 saturated heterocycles. The lowest BCUT2D eigenvalue weighted by Crippen LogP contribution is -2.16. The van der Waals surface area contributed by atoms with Gasteiger partial charge >= 0.3 is 0 Å². The molecule has 0 atom stereocenters. The van der Waals surface area contributed by atoms with Gasteiger partial charge in [0.2, 0.25) is 0 Å². The number of carbonyl (C=O) groups excluding carboxylic acids is 1. The molecule has 0 aliphatic carbocycles. The molecule has 4 N–H and O–H groups in total. The Bertz CT molecular complexity index is 615. The van der Waals surface area contributed by atoms with Crippen LogP contribution in [-0.4, -0.2) is 16.1 Å². The molecule has 1 aromatic heterocycles. The van der Waals surface area contributed by atoms with E-state index in [1.54, 1.807) is 12.1 Å². The minimum absolute atomic E-state index is 0.231. The average molecular weight is 336 g/mol. The molecule has 0 unspecified atom stereocenters. The standard InChI is InChI=1S/C13H14BrN5O/c1-2-8-7-9(14)3-4-10(8)16-13(20)11-5-6-12(17-15)19-18-11/h3-7H,2,15H2,1H3,(H,16,20)(H,17,19). The van der Waals surface area contributed by atoms with Gasteiger partial charge in [-0.3, -0.25) is 4.79 Å². The van der Waals surface area contributed by atoms with E-state index in [4.69, 9.17) is 5.84 Å². The van der Waals surface area contributed by atoms with Crippen molar-refractivity contribution in [2.24, 2.45) is 5.84 Å². The van der Waals surface area contributed by atoms with Gasteiger partial charge in [0.05, 0.1) is 0 Å². The van der Waals surface area contributed by atoms with Gasteiger partial charge in [-0.05, 0) is 42.3 Å². The molecule has 1 amide bonds. The van der Waals surface area contributed by atoms with E-state index >= 15 is 0 Å². The van der Waals surface area contributed by atoms with Gasteiger partial charge in [-0.2, -0.15) is 0 Å². The van der Waals surface area contributed by atoms with Crippen molar-refractivity contribution in [3.05, 3.63) is 46.1 Å². The molecule has 1 heterocycles. The lowest BCUT2D eigenvalue weighted by atomic mass is 10.1. The van der Waals surface area contributed by atoms with E-state index in [0.29, 0.717) is 5.82 Å². The van der Waals surface area contributed by atoms with E-state index in [0.717, 1.165) is 22.1 Å². The topological polar surface area (TPSA) is 92.9 Å². The Hall–Kier alpha value is -1.99. The summed E-state index contributed by atoms with van der Waals surface area (Å²) in [7, 11) is 0. The molecule has 2 rings (SSSR count). The first-order valence-corrected chi connectivity index (χ1v) is 6.83. The molecule has 0 saturated carbocycles. The number of carbonyl (C=O) groups is 1. The van der Waals surface area contributed by atoms with Crippen molar-refractivity contribution >= 4 is 33.3 Å². The van der Waals surface area contributed by atoms with Crippen molar-refractivity contribution in [1.82, 2.24) is 10.2 Å². The maximum atomic E-state index is 12.1. The van der Waals surface area contributed by atoms with Crippen LogP contribution >= 0.6 is 15.9 Å². The lowest BCUT2D eigenvalue weighted by Gasteiger charge is -2.10. The number of anilines is 2. The fraction of sp³-hybridized carbons (Fsp3) is 0.154. The number of aryl methyl sites for hydroxylation is 1. The van der Waals surface area contributed by atoms with Gasteiger partial charge in [0, 0.05) is 10.2 Å². The van der Waals surface area contributed by atoms with Crippen LogP contribution < -0.4 is 16.6 Å². The SMILES string of the molecule is CCc1cc(Br)ccc1NC(=O)c1ccc(NN)nn1. The molecule has 104 valence electrons. The predicted octanol–water partition coefficient (Wildman–Crippen LogP) is 2.34. The third-order valence-electron chi connectivity index (χ3n) is 2.74. The second-order valence-corrected chi connectivity index (χ2v) is 4.97. The monoisotopic (exact) mass is 335 g/mol. The number of amides is 1. The number of nitrogen functional groups attached to an aromatic ring is 1. The normalized spacial score (nSPS) is 10.2. The summed E-state index contributed by atoms with van der Waals surface area (Å²) in [4.78, 5) is 12.1. The Morgan fingerprint density at radius 1 is 1.30 bits per heavy atom. The van der Waals surface area contributed by atoms with E-state index in [1.165, 1.54) is 0 Å². The Morgan fingerprint density at radius 2 is 2.10 bits per heavy atom. The third kappa shape index (κ3) is 3.31. The zero-order chi connectivity index (χ0) is 14.5. The van der Waals surface area contributed by atoms with Gasteiger partial charge in [0.15, 0.2) is 11.5 Å². The molecular formula is C13H14BrN5O. The number of nitrogens with one attached hydrogen (secondary N) is 2. The highest BCUT2D eigenvalue weighted by Gasteiger charge is 2.10. The molecule has 0 aliphatic heterocycles. The molecule has 7 heteroatoms. The van der Waals surface area contributed by atoms with Crippen LogP contribution in [0.2, 0.25) is 0 Å². The van der Waals surface area contributed by atoms with E-state index in [9.17, 15) is 4.79 Å². The number of rotatable bonds is 4. The number of nitrogens with two attached hydrogens (primary N) is 1. The van der Waals surface area contributed by atoms with Crippen molar-refractivity contribution in [3.8, 4) is 0 Å². The Kier molecular flexibility index (Phi) is 4.65. The maximum absolute atomic E-state index is 12.1. The summed E-state index contributed by atoms with van der Waals surface area (Å²) in [5, 5.41) is 10.4. The molecule has 2 aromatic rings. The van der Waals surface area contributed by atoms with Crippen LogP contribution in [0.4, 0.5) is 11.5 Å². The lowest BCUT2D eigenvalue weighted by molar-refractivity contribution is 0.102. The highest BCUT2D eigenvalue weighted by molar-refractivity contribution is 9.10. The summed E-state index contributed by atoms with van der Waals surface area (Å²) in [6, 6.07) is 8.85. The van der Waals surface area contributed by atoms with E-state index in [-0.39, 0.29) is 11.6 Å². The van der Waals surface area contributed by atoms with Gasteiger partial charge in [-0.15, -0.1) is 10.2 Å². The van der Waals surface area contributed by atoms with Crippen molar-refractivity contribution < 1.29 is 4.79 Å². The number of hydrogen-bond donors (Lipinski definition) is 3. The van der Waals surface area contributed by atoms with E-state index in [1.807, 2.05) is 25.1 Å². The molecule has 6 nitrogen and oxygen atoms in total. The second-order valence-electron chi connectivity index (χ2n) is 4.06. The van der Waals surface area contributed by atoms with Crippen LogP contribution in [0, 0.1) is 0 Å². The van der Waals surface area contributed by atoms with Crippen LogP contribution in [-0.2, 0) is 6.42 Å². The number of aromatic nitrogens is 2. The summed E-state index contributed by atoms with van der Waals surface area (Å²) in [5.74, 6) is 5.29. The summed E-state index contributed by atoms with van der Waals surface area (Å²) < 4.78 is 0.977. The summed E-state index contributed by atoms with van der Waals surface area (Å²) >= 11 is 3.41. The first-order chi connectivity index (χ1) is 9.63. The van der Waals surface area contributed by atoms with Crippen molar-refractivity contribution in [3.63, 3.8) is 0 Å². The van der Waals surface area contributed by atoms with Crippen molar-refractivity contribution in [2.45, 2.75) is 13.3 Å². The molecule has 1 aromatic carbocycles. The first kappa shape index (κ1) is 14.4. The Morgan fingerprint density at radius 3 is 2.70 bits per heavy atom. The van der Waals surface area contributed by atoms with Crippen molar-refractivity contribution in [1.29, 1.82) is 0 Å². The number of hydrogen-bond acceptors (Lipinski definition) is 5. The number of benzene rings is 1. The predicted molar refractivity (Wildman–Crippen MR) is 81.3 cm³/mol. The minimum atomic E-state index is -0.307. The van der Waals surface area contributed by atoms with Crippen molar-refractivity contribution in [2.75, 3.05) is 10.7 Å². The quantitative estimate of drug-likeness (QED) is 0.589. The smallest absolute Gasteiger partial charge is 0.276 e. The first-order valence-electron chi connectivity index (χ1n) is 6.04. The molecule has 0 radical (unpaired) electrons. The second kappa shape index (κ2) is 6.44. The van der Waals surface area contributed by atoms with Crippen LogP contribution in [0.5, 0.6) is 0 Å². The fourth-order valence-electron chi connectivity index (χ4n) is 1.69. The van der Waals surface area contributed by atoms with Gasteiger partial charge in [-0.25, -0.2) is 5.84 Å².